The summed E-state index contributed by atoms with van der Waals surface area (Å²) in [6.07, 6.45) is 1.57. The Balaban J connectivity index is 1.37. The normalized spacial score (nSPS) is 15.0. The van der Waals surface area contributed by atoms with Crippen molar-refractivity contribution in [3.8, 4) is 0 Å². The number of hydrogen-bond donors (Lipinski definition) is 1. The van der Waals surface area contributed by atoms with Crippen LogP contribution in [0.4, 0.5) is 11.5 Å². The second-order valence-corrected chi connectivity index (χ2v) is 7.86. The van der Waals surface area contributed by atoms with E-state index < -0.39 is 0 Å². The van der Waals surface area contributed by atoms with E-state index in [1.807, 2.05) is 20.8 Å². The van der Waals surface area contributed by atoms with Crippen molar-refractivity contribution in [3.05, 3.63) is 35.2 Å². The third-order valence-corrected chi connectivity index (χ3v) is 5.56. The first-order valence-electron chi connectivity index (χ1n) is 10.4. The molecule has 3 heterocycles. The van der Waals surface area contributed by atoms with Crippen LogP contribution in [0.15, 0.2) is 18.5 Å². The van der Waals surface area contributed by atoms with E-state index in [0.717, 1.165) is 66.5 Å². The Morgan fingerprint density at radius 2 is 1.77 bits per heavy atom. The first kappa shape index (κ1) is 20.2. The maximum atomic E-state index is 12.6. The lowest BCUT2D eigenvalue weighted by Crippen LogP contribution is -2.49. The fraction of sp³-hybridized carbons (Fsp3) is 0.476. The summed E-state index contributed by atoms with van der Waals surface area (Å²) in [6, 6.07) is 4.19. The number of aromatic nitrogens is 5. The molecule has 1 aromatic carbocycles. The van der Waals surface area contributed by atoms with Gasteiger partial charge in [-0.1, -0.05) is 22.9 Å². The van der Waals surface area contributed by atoms with Crippen molar-refractivity contribution in [2.24, 2.45) is 0 Å². The second-order valence-electron chi connectivity index (χ2n) is 7.86. The Morgan fingerprint density at radius 1 is 1.07 bits per heavy atom. The summed E-state index contributed by atoms with van der Waals surface area (Å²) < 4.78 is 1.77. The minimum Gasteiger partial charge on any atom is -0.352 e. The van der Waals surface area contributed by atoms with Crippen LogP contribution in [0.3, 0.4) is 0 Å². The second kappa shape index (κ2) is 8.35. The molecule has 9 nitrogen and oxygen atoms in total. The Kier molecular flexibility index (Phi) is 5.63. The summed E-state index contributed by atoms with van der Waals surface area (Å²) in [5, 5.41) is 11.5. The zero-order valence-electron chi connectivity index (χ0n) is 18.0. The van der Waals surface area contributed by atoms with E-state index in [-0.39, 0.29) is 5.91 Å². The summed E-state index contributed by atoms with van der Waals surface area (Å²) in [5.74, 6) is 0.837. The molecule has 1 aliphatic heterocycles. The maximum absolute atomic E-state index is 12.6. The molecule has 1 aliphatic rings. The number of nitrogens with zero attached hydrogens (tertiary/aromatic N) is 7. The molecular formula is C21H28N8O. The standard InChI is InChI=1S/C21H28N8O/c1-5-29-21-19(25-26-29)20(22-13-23-21)28-8-6-27(7-9-28)12-17(30)24-18-15(3)10-14(2)11-16(18)4/h10-11,13H,5-9,12H2,1-4H3,(H,24,30). The number of anilines is 2. The van der Waals surface area contributed by atoms with Crippen molar-refractivity contribution in [1.29, 1.82) is 0 Å². The van der Waals surface area contributed by atoms with Crippen LogP contribution in [0.1, 0.15) is 23.6 Å². The molecule has 1 N–H and O–H groups in total. The minimum absolute atomic E-state index is 0.0221. The zero-order valence-corrected chi connectivity index (χ0v) is 18.0. The minimum atomic E-state index is 0.0221. The molecule has 1 fully saturated rings. The van der Waals surface area contributed by atoms with Gasteiger partial charge in [0.05, 0.1) is 6.54 Å². The Labute approximate surface area is 176 Å². The summed E-state index contributed by atoms with van der Waals surface area (Å²) >= 11 is 0. The van der Waals surface area contributed by atoms with Crippen LogP contribution in [0, 0.1) is 20.8 Å². The smallest absolute Gasteiger partial charge is 0.238 e. The van der Waals surface area contributed by atoms with Crippen molar-refractivity contribution >= 4 is 28.6 Å². The van der Waals surface area contributed by atoms with E-state index in [2.05, 4.69) is 54.5 Å². The summed E-state index contributed by atoms with van der Waals surface area (Å²) in [7, 11) is 0. The van der Waals surface area contributed by atoms with Crippen molar-refractivity contribution in [2.45, 2.75) is 34.2 Å². The molecule has 0 unspecified atom stereocenters. The van der Waals surface area contributed by atoms with E-state index in [9.17, 15) is 4.79 Å². The first-order valence-corrected chi connectivity index (χ1v) is 10.4. The lowest BCUT2D eigenvalue weighted by Gasteiger charge is -2.34. The fourth-order valence-electron chi connectivity index (χ4n) is 4.10. The van der Waals surface area contributed by atoms with Crippen molar-refractivity contribution in [1.82, 2.24) is 29.9 Å². The predicted molar refractivity (Wildman–Crippen MR) is 117 cm³/mol. The van der Waals surface area contributed by atoms with E-state index in [0.29, 0.717) is 6.54 Å². The fourth-order valence-corrected chi connectivity index (χ4v) is 4.10. The summed E-state index contributed by atoms with van der Waals surface area (Å²) in [6.45, 7) is 12.4. The average molecular weight is 409 g/mol. The molecule has 0 atom stereocenters. The molecule has 0 aliphatic carbocycles. The highest BCUT2D eigenvalue weighted by atomic mass is 16.2. The highest BCUT2D eigenvalue weighted by molar-refractivity contribution is 5.93. The van der Waals surface area contributed by atoms with Gasteiger partial charge in [0.15, 0.2) is 17.0 Å². The van der Waals surface area contributed by atoms with Gasteiger partial charge in [-0.25, -0.2) is 14.6 Å². The average Bonchev–Trinajstić information content (AvgIpc) is 3.14. The highest BCUT2D eigenvalue weighted by Gasteiger charge is 2.23. The molecule has 1 saturated heterocycles. The van der Waals surface area contributed by atoms with Gasteiger partial charge in [-0.3, -0.25) is 9.69 Å². The molecular weight excluding hydrogens is 380 g/mol. The van der Waals surface area contributed by atoms with Gasteiger partial charge in [0.25, 0.3) is 0 Å². The van der Waals surface area contributed by atoms with Gasteiger partial charge < -0.3 is 10.2 Å². The van der Waals surface area contributed by atoms with Crippen LogP contribution < -0.4 is 10.2 Å². The topological polar surface area (TPSA) is 92.1 Å². The van der Waals surface area contributed by atoms with Crippen LogP contribution in [0.5, 0.6) is 0 Å². The molecule has 0 bridgehead atoms. The Morgan fingerprint density at radius 3 is 2.43 bits per heavy atom. The van der Waals surface area contributed by atoms with E-state index >= 15 is 0 Å². The number of hydrogen-bond acceptors (Lipinski definition) is 7. The molecule has 0 radical (unpaired) electrons. The van der Waals surface area contributed by atoms with Gasteiger partial charge in [0.2, 0.25) is 5.91 Å². The number of fused-ring (bicyclic) bond motifs is 1. The van der Waals surface area contributed by atoms with Gasteiger partial charge in [0, 0.05) is 38.4 Å². The van der Waals surface area contributed by atoms with E-state index in [1.54, 1.807) is 11.0 Å². The molecule has 2 aromatic heterocycles. The number of carbonyl (C=O) groups excluding carboxylic acids is 1. The third kappa shape index (κ3) is 3.97. The Bertz CT molecular complexity index is 1050. The number of rotatable bonds is 5. The Hall–Kier alpha value is -3.07. The van der Waals surface area contributed by atoms with Gasteiger partial charge in [-0.15, -0.1) is 5.10 Å². The highest BCUT2D eigenvalue weighted by Crippen LogP contribution is 2.23. The van der Waals surface area contributed by atoms with Crippen LogP contribution in [0.25, 0.3) is 11.2 Å². The van der Waals surface area contributed by atoms with Crippen molar-refractivity contribution < 1.29 is 4.79 Å². The van der Waals surface area contributed by atoms with Gasteiger partial charge in [-0.05, 0) is 38.8 Å². The SMILES string of the molecule is CCn1nnc2c(N3CCN(CC(=O)Nc4c(C)cc(C)cc4C)CC3)ncnc21. The van der Waals surface area contributed by atoms with Crippen molar-refractivity contribution in [3.63, 3.8) is 0 Å². The number of piperazine rings is 1. The van der Waals surface area contributed by atoms with Crippen molar-refractivity contribution in [2.75, 3.05) is 42.9 Å². The van der Waals surface area contributed by atoms with Crippen LogP contribution in [0.2, 0.25) is 0 Å². The quantitative estimate of drug-likeness (QED) is 0.690. The van der Waals surface area contributed by atoms with Crippen LogP contribution in [-0.4, -0.2) is 68.5 Å². The zero-order chi connectivity index (χ0) is 21.3. The van der Waals surface area contributed by atoms with Gasteiger partial charge in [-0.2, -0.15) is 0 Å². The van der Waals surface area contributed by atoms with Gasteiger partial charge in [0.1, 0.15) is 6.33 Å². The van der Waals surface area contributed by atoms with Crippen LogP contribution in [-0.2, 0) is 11.3 Å². The maximum Gasteiger partial charge on any atom is 0.238 e. The number of amides is 1. The lowest BCUT2D eigenvalue weighted by atomic mass is 10.1. The number of nitrogens with one attached hydrogen (secondary N) is 1. The van der Waals surface area contributed by atoms with E-state index in [1.165, 1.54) is 5.56 Å². The molecule has 1 amide bonds. The monoisotopic (exact) mass is 408 g/mol. The number of aryl methyl sites for hydroxylation is 4. The van der Waals surface area contributed by atoms with Gasteiger partial charge >= 0.3 is 0 Å². The molecule has 9 heteroatoms. The van der Waals surface area contributed by atoms with E-state index in [4.69, 9.17) is 0 Å². The molecule has 158 valence electrons. The van der Waals surface area contributed by atoms with Crippen LogP contribution >= 0.6 is 0 Å². The molecule has 3 aromatic rings. The molecule has 0 spiro atoms. The first-order chi connectivity index (χ1) is 14.5. The number of benzene rings is 1. The lowest BCUT2D eigenvalue weighted by molar-refractivity contribution is -0.117. The largest absolute Gasteiger partial charge is 0.352 e. The summed E-state index contributed by atoms with van der Waals surface area (Å²) in [4.78, 5) is 25.8. The third-order valence-electron chi connectivity index (χ3n) is 5.56. The molecule has 30 heavy (non-hydrogen) atoms. The molecule has 4 rings (SSSR count). The summed E-state index contributed by atoms with van der Waals surface area (Å²) in [5.41, 5.74) is 5.81. The molecule has 0 saturated carbocycles. The predicted octanol–water partition coefficient (Wildman–Crippen LogP) is 1.93. The number of carbonyl (C=O) groups is 1.